The zero-order valence-electron chi connectivity index (χ0n) is 20.3. The molecule has 0 aliphatic carbocycles. The van der Waals surface area contributed by atoms with E-state index in [4.69, 9.17) is 21.4 Å². The largest absolute Gasteiger partial charge is 0.480 e. The molecule has 0 saturated heterocycles. The van der Waals surface area contributed by atoms with Crippen molar-refractivity contribution in [1.29, 1.82) is 0 Å². The summed E-state index contributed by atoms with van der Waals surface area (Å²) in [6, 6.07) is 8.18. The number of aromatic nitrogens is 1. The number of carboxylic acids is 1. The Bertz CT molecular complexity index is 1280. The van der Waals surface area contributed by atoms with Crippen LogP contribution < -0.4 is 10.1 Å². The van der Waals surface area contributed by atoms with E-state index in [1.165, 1.54) is 6.07 Å². The molecule has 0 fully saturated rings. The Labute approximate surface area is 212 Å². The number of rotatable bonds is 9. The first-order valence-corrected chi connectivity index (χ1v) is 11.5. The molecule has 0 aliphatic heterocycles. The Morgan fingerprint density at radius 3 is 2.39 bits per heavy atom. The number of aliphatic carboxylic acids is 1. The highest BCUT2D eigenvalue weighted by Crippen LogP contribution is 2.39. The quantitative estimate of drug-likeness (QED) is 0.253. The van der Waals surface area contributed by atoms with Crippen molar-refractivity contribution >= 4 is 45.5 Å². The van der Waals surface area contributed by atoms with Gasteiger partial charge in [0.1, 0.15) is 11.3 Å². The maximum atomic E-state index is 11.3. The third-order valence-corrected chi connectivity index (χ3v) is 5.87. The molecule has 0 aliphatic rings. The topological polar surface area (TPSA) is 158 Å². The van der Waals surface area contributed by atoms with Crippen LogP contribution in [-0.4, -0.2) is 38.6 Å². The number of hydrogen-bond donors (Lipinski definition) is 2. The Balaban J connectivity index is 0.000000259. The minimum Gasteiger partial charge on any atom is -0.480 e. The zero-order valence-corrected chi connectivity index (χ0v) is 21.0. The summed E-state index contributed by atoms with van der Waals surface area (Å²) in [7, 11) is 0. The number of hydrogen-bond acceptors (Lipinski definition) is 8. The maximum absolute atomic E-state index is 11.3. The van der Waals surface area contributed by atoms with Crippen LogP contribution in [0.25, 0.3) is 10.9 Å². The summed E-state index contributed by atoms with van der Waals surface area (Å²) in [5.74, 6) is -0.610. The SMILES string of the molecule is CCC(CC)Nc1c([N+](=O)[O-])cc(C)c(C)c1[N+](=O)[O-].O=C(O)COc1ccc(Cl)c2cccnc12. The molecule has 3 rings (SSSR count). The van der Waals surface area contributed by atoms with Gasteiger partial charge in [0.25, 0.3) is 5.69 Å². The smallest absolute Gasteiger partial charge is 0.341 e. The predicted octanol–water partition coefficient (Wildman–Crippen LogP) is 6.07. The Kier molecular flexibility index (Phi) is 9.92. The van der Waals surface area contributed by atoms with Crippen LogP contribution in [0.2, 0.25) is 5.02 Å². The number of nitro benzene ring substituents is 2. The van der Waals surface area contributed by atoms with Crippen LogP contribution in [0.4, 0.5) is 17.1 Å². The van der Waals surface area contributed by atoms with Gasteiger partial charge in [-0.05, 0) is 56.5 Å². The summed E-state index contributed by atoms with van der Waals surface area (Å²) in [4.78, 5) is 35.8. The second-order valence-corrected chi connectivity index (χ2v) is 8.27. The first kappa shape index (κ1) is 28.2. The molecule has 0 radical (unpaired) electrons. The molecule has 36 heavy (non-hydrogen) atoms. The first-order valence-electron chi connectivity index (χ1n) is 11.1. The molecule has 0 saturated carbocycles. The molecule has 3 aromatic rings. The van der Waals surface area contributed by atoms with Gasteiger partial charge in [-0.2, -0.15) is 0 Å². The standard InChI is InChI=1S/C13H19N3O4.C11H8ClNO3/c1-5-10(6-2)14-12-11(15(17)18)7-8(3)9(4)13(12)16(19)20;12-8-3-4-9(16-6-10(14)15)11-7(8)2-1-5-13-11/h7,10,14H,5-6H2,1-4H3;1-5H,6H2,(H,14,15). The summed E-state index contributed by atoms with van der Waals surface area (Å²) in [6.45, 7) is 6.71. The fraction of sp³-hybridized carbons (Fsp3) is 0.333. The lowest BCUT2D eigenvalue weighted by Crippen LogP contribution is -2.19. The van der Waals surface area contributed by atoms with Crippen molar-refractivity contribution in [2.24, 2.45) is 0 Å². The van der Waals surface area contributed by atoms with Gasteiger partial charge in [0, 0.05) is 29.3 Å². The molecule has 0 amide bonds. The molecule has 1 heterocycles. The molecule has 12 heteroatoms. The summed E-state index contributed by atoms with van der Waals surface area (Å²) in [5.41, 5.74) is 1.12. The number of carbonyl (C=O) groups is 1. The molecule has 1 aromatic heterocycles. The monoisotopic (exact) mass is 518 g/mol. The highest BCUT2D eigenvalue weighted by Gasteiger charge is 2.30. The van der Waals surface area contributed by atoms with Crippen molar-refractivity contribution in [3.63, 3.8) is 0 Å². The number of nitrogens with zero attached hydrogens (tertiary/aromatic N) is 3. The van der Waals surface area contributed by atoms with Crippen LogP contribution in [0.5, 0.6) is 5.75 Å². The minimum atomic E-state index is -1.03. The number of nitro groups is 2. The third kappa shape index (κ3) is 6.79. The average molecular weight is 519 g/mol. The van der Waals surface area contributed by atoms with Crippen LogP contribution in [-0.2, 0) is 4.79 Å². The van der Waals surface area contributed by atoms with Crippen molar-refractivity contribution in [3.8, 4) is 5.75 Å². The van der Waals surface area contributed by atoms with Gasteiger partial charge in [-0.3, -0.25) is 25.2 Å². The van der Waals surface area contributed by atoms with Crippen molar-refractivity contribution < 1.29 is 24.5 Å². The molecule has 0 spiro atoms. The van der Waals surface area contributed by atoms with Gasteiger partial charge in [-0.1, -0.05) is 25.4 Å². The molecule has 0 bridgehead atoms. The van der Waals surface area contributed by atoms with E-state index in [0.717, 1.165) is 18.2 Å². The first-order chi connectivity index (χ1) is 17.0. The Hall–Kier alpha value is -3.99. The number of aryl methyl sites for hydroxylation is 1. The van der Waals surface area contributed by atoms with Crippen LogP contribution in [0, 0.1) is 34.1 Å². The van der Waals surface area contributed by atoms with E-state index in [-0.39, 0.29) is 23.1 Å². The second-order valence-electron chi connectivity index (χ2n) is 7.86. The van der Waals surface area contributed by atoms with Crippen LogP contribution >= 0.6 is 11.6 Å². The van der Waals surface area contributed by atoms with Gasteiger partial charge in [0.05, 0.1) is 14.9 Å². The highest BCUT2D eigenvalue weighted by atomic mass is 35.5. The lowest BCUT2D eigenvalue weighted by Gasteiger charge is -2.17. The molecular formula is C24H27ClN4O7. The van der Waals surface area contributed by atoms with Gasteiger partial charge >= 0.3 is 11.7 Å². The normalized spacial score (nSPS) is 10.5. The van der Waals surface area contributed by atoms with E-state index in [1.54, 1.807) is 44.3 Å². The fourth-order valence-electron chi connectivity index (χ4n) is 3.46. The van der Waals surface area contributed by atoms with E-state index in [0.29, 0.717) is 27.4 Å². The predicted molar refractivity (Wildman–Crippen MR) is 137 cm³/mol. The fourth-order valence-corrected chi connectivity index (χ4v) is 3.68. The van der Waals surface area contributed by atoms with Crippen molar-refractivity contribution in [2.75, 3.05) is 11.9 Å². The molecule has 11 nitrogen and oxygen atoms in total. The Morgan fingerprint density at radius 1 is 1.17 bits per heavy atom. The molecule has 0 atom stereocenters. The lowest BCUT2D eigenvalue weighted by atomic mass is 10.0. The second kappa shape index (κ2) is 12.6. The Morgan fingerprint density at radius 2 is 1.83 bits per heavy atom. The summed E-state index contributed by atoms with van der Waals surface area (Å²) < 4.78 is 5.12. The van der Waals surface area contributed by atoms with E-state index in [9.17, 15) is 25.0 Å². The lowest BCUT2D eigenvalue weighted by molar-refractivity contribution is -0.392. The number of fused-ring (bicyclic) bond motifs is 1. The number of ether oxygens (including phenoxy) is 1. The molecule has 192 valence electrons. The summed E-state index contributed by atoms with van der Waals surface area (Å²) in [6.07, 6.45) is 3.07. The van der Waals surface area contributed by atoms with Crippen molar-refractivity contribution in [1.82, 2.24) is 4.98 Å². The molecular weight excluding hydrogens is 492 g/mol. The van der Waals surface area contributed by atoms with Gasteiger partial charge in [0.15, 0.2) is 12.3 Å². The highest BCUT2D eigenvalue weighted by molar-refractivity contribution is 6.35. The van der Waals surface area contributed by atoms with E-state index in [1.807, 2.05) is 13.8 Å². The number of anilines is 1. The summed E-state index contributed by atoms with van der Waals surface area (Å²) in [5, 5.41) is 35.2. The number of benzene rings is 2. The van der Waals surface area contributed by atoms with Crippen LogP contribution in [0.15, 0.2) is 36.5 Å². The van der Waals surface area contributed by atoms with Gasteiger partial charge in [-0.25, -0.2) is 4.79 Å². The number of carboxylic acid groups (broad SMARTS) is 1. The van der Waals surface area contributed by atoms with Gasteiger partial charge in [0.2, 0.25) is 0 Å². The van der Waals surface area contributed by atoms with E-state index >= 15 is 0 Å². The van der Waals surface area contributed by atoms with Crippen LogP contribution in [0.1, 0.15) is 37.8 Å². The van der Waals surface area contributed by atoms with E-state index < -0.39 is 22.4 Å². The third-order valence-electron chi connectivity index (χ3n) is 5.54. The number of nitrogens with one attached hydrogen (secondary N) is 1. The van der Waals surface area contributed by atoms with Crippen molar-refractivity contribution in [2.45, 2.75) is 46.6 Å². The van der Waals surface area contributed by atoms with Gasteiger partial charge in [-0.15, -0.1) is 0 Å². The zero-order chi connectivity index (χ0) is 27.0. The van der Waals surface area contributed by atoms with E-state index in [2.05, 4.69) is 10.3 Å². The van der Waals surface area contributed by atoms with Crippen LogP contribution in [0.3, 0.4) is 0 Å². The molecule has 2 aromatic carbocycles. The minimum absolute atomic E-state index is 0.0109. The molecule has 0 unspecified atom stereocenters. The summed E-state index contributed by atoms with van der Waals surface area (Å²) >= 11 is 5.98. The average Bonchev–Trinajstić information content (AvgIpc) is 2.84. The van der Waals surface area contributed by atoms with Gasteiger partial charge < -0.3 is 15.2 Å². The number of pyridine rings is 1. The number of halogens is 1. The molecule has 2 N–H and O–H groups in total. The van der Waals surface area contributed by atoms with Crippen molar-refractivity contribution in [3.05, 3.63) is 72.9 Å². The maximum Gasteiger partial charge on any atom is 0.341 e.